The Labute approximate surface area is 120 Å². The Morgan fingerprint density at radius 2 is 2.00 bits per heavy atom. The van der Waals surface area contributed by atoms with Crippen molar-refractivity contribution in [3.05, 3.63) is 29.3 Å². The van der Waals surface area contributed by atoms with Crippen molar-refractivity contribution in [1.29, 1.82) is 0 Å². The van der Waals surface area contributed by atoms with Gasteiger partial charge in [-0.2, -0.15) is 13.2 Å². The number of amides is 2. The summed E-state index contributed by atoms with van der Waals surface area (Å²) in [6, 6.07) is 2.84. The first kappa shape index (κ1) is 15.6. The van der Waals surface area contributed by atoms with E-state index in [1.54, 1.807) is 0 Å². The van der Waals surface area contributed by atoms with Crippen LogP contribution in [-0.2, 0) is 12.7 Å². The van der Waals surface area contributed by atoms with Crippen LogP contribution in [0.25, 0.3) is 0 Å². The summed E-state index contributed by atoms with van der Waals surface area (Å²) in [6.07, 6.45) is -4.47. The molecule has 1 saturated heterocycles. The van der Waals surface area contributed by atoms with Crippen LogP contribution in [0.3, 0.4) is 0 Å². The topological polar surface area (TPSA) is 70.4 Å². The average Bonchev–Trinajstić information content (AvgIpc) is 2.40. The predicted molar refractivity (Wildman–Crippen MR) is 72.8 cm³/mol. The third kappa shape index (κ3) is 4.33. The van der Waals surface area contributed by atoms with Crippen molar-refractivity contribution in [2.24, 2.45) is 5.73 Å². The second-order valence-electron chi connectivity index (χ2n) is 4.89. The van der Waals surface area contributed by atoms with Gasteiger partial charge in [-0.15, -0.1) is 0 Å². The van der Waals surface area contributed by atoms with Gasteiger partial charge in [0.2, 0.25) is 0 Å². The Kier molecular flexibility index (Phi) is 4.69. The molecule has 1 aliphatic rings. The molecule has 2 amide bonds. The number of halogens is 3. The van der Waals surface area contributed by atoms with E-state index in [9.17, 15) is 18.0 Å². The lowest BCUT2D eigenvalue weighted by molar-refractivity contribution is -0.138. The lowest BCUT2D eigenvalue weighted by Crippen LogP contribution is -2.43. The third-order valence-electron chi connectivity index (χ3n) is 3.29. The molecule has 5 nitrogen and oxygen atoms in total. The Hall–Kier alpha value is -1.80. The Balaban J connectivity index is 2.24. The SMILES string of the molecule is NC(=O)Nc1ccc(CN2CCNCC2)c(C(F)(F)F)c1. The summed E-state index contributed by atoms with van der Waals surface area (Å²) in [5.74, 6) is 0. The molecule has 116 valence electrons. The highest BCUT2D eigenvalue weighted by Gasteiger charge is 2.34. The molecule has 2 rings (SSSR count). The van der Waals surface area contributed by atoms with E-state index < -0.39 is 17.8 Å². The summed E-state index contributed by atoms with van der Waals surface area (Å²) in [7, 11) is 0. The molecule has 1 aliphatic heterocycles. The lowest BCUT2D eigenvalue weighted by Gasteiger charge is -2.28. The normalized spacial score (nSPS) is 16.7. The molecule has 1 aromatic carbocycles. The summed E-state index contributed by atoms with van der Waals surface area (Å²) in [5.41, 5.74) is 4.42. The van der Waals surface area contributed by atoms with E-state index >= 15 is 0 Å². The Morgan fingerprint density at radius 1 is 1.33 bits per heavy atom. The quantitative estimate of drug-likeness (QED) is 0.794. The van der Waals surface area contributed by atoms with Gasteiger partial charge in [-0.25, -0.2) is 4.79 Å². The van der Waals surface area contributed by atoms with Gasteiger partial charge in [-0.05, 0) is 17.7 Å². The maximum atomic E-state index is 13.1. The minimum absolute atomic E-state index is 0.0406. The molecule has 1 heterocycles. The van der Waals surface area contributed by atoms with Crippen LogP contribution in [0.1, 0.15) is 11.1 Å². The van der Waals surface area contributed by atoms with E-state index in [4.69, 9.17) is 5.73 Å². The number of carbonyl (C=O) groups is 1. The molecule has 1 fully saturated rings. The van der Waals surface area contributed by atoms with Gasteiger partial charge < -0.3 is 16.4 Å². The number of alkyl halides is 3. The van der Waals surface area contributed by atoms with Crippen molar-refractivity contribution in [2.75, 3.05) is 31.5 Å². The second-order valence-corrected chi connectivity index (χ2v) is 4.89. The van der Waals surface area contributed by atoms with Crippen LogP contribution in [-0.4, -0.2) is 37.1 Å². The van der Waals surface area contributed by atoms with Crippen LogP contribution >= 0.6 is 0 Å². The van der Waals surface area contributed by atoms with Crippen molar-refractivity contribution in [2.45, 2.75) is 12.7 Å². The highest BCUT2D eigenvalue weighted by molar-refractivity contribution is 5.87. The summed E-state index contributed by atoms with van der Waals surface area (Å²) in [4.78, 5) is 12.7. The monoisotopic (exact) mass is 302 g/mol. The molecule has 0 spiro atoms. The molecule has 0 unspecified atom stereocenters. The standard InChI is InChI=1S/C13H17F3N4O/c14-13(15,16)11-7-10(19-12(17)21)2-1-9(11)8-20-5-3-18-4-6-20/h1-2,7,18H,3-6,8H2,(H3,17,19,21). The summed E-state index contributed by atoms with van der Waals surface area (Å²) in [5, 5.41) is 5.31. The van der Waals surface area contributed by atoms with Crippen LogP contribution in [0.15, 0.2) is 18.2 Å². The fourth-order valence-corrected chi connectivity index (χ4v) is 2.31. The number of anilines is 1. The van der Waals surface area contributed by atoms with Gasteiger partial charge >= 0.3 is 12.2 Å². The maximum absolute atomic E-state index is 13.1. The number of hydrogen-bond acceptors (Lipinski definition) is 3. The first-order valence-corrected chi connectivity index (χ1v) is 6.56. The lowest BCUT2D eigenvalue weighted by atomic mass is 10.0. The van der Waals surface area contributed by atoms with Crippen molar-refractivity contribution >= 4 is 11.7 Å². The van der Waals surface area contributed by atoms with Crippen LogP contribution < -0.4 is 16.4 Å². The smallest absolute Gasteiger partial charge is 0.351 e. The van der Waals surface area contributed by atoms with Crippen LogP contribution in [0.5, 0.6) is 0 Å². The van der Waals surface area contributed by atoms with Gasteiger partial charge in [0.05, 0.1) is 5.56 Å². The second kappa shape index (κ2) is 6.31. The molecule has 0 aliphatic carbocycles. The number of hydrogen-bond donors (Lipinski definition) is 3. The average molecular weight is 302 g/mol. The number of nitrogens with zero attached hydrogens (tertiary/aromatic N) is 1. The predicted octanol–water partition coefficient (Wildman–Crippen LogP) is 1.60. The number of carbonyl (C=O) groups excluding carboxylic acids is 1. The molecule has 4 N–H and O–H groups in total. The van der Waals surface area contributed by atoms with E-state index in [-0.39, 0.29) is 17.8 Å². The number of nitrogens with one attached hydrogen (secondary N) is 2. The largest absolute Gasteiger partial charge is 0.416 e. The molecule has 0 aromatic heterocycles. The molecular weight excluding hydrogens is 285 g/mol. The number of rotatable bonds is 3. The zero-order valence-electron chi connectivity index (χ0n) is 11.3. The Morgan fingerprint density at radius 3 is 2.57 bits per heavy atom. The van der Waals surface area contributed by atoms with Crippen LogP contribution in [0, 0.1) is 0 Å². The van der Waals surface area contributed by atoms with Crippen molar-refractivity contribution in [3.8, 4) is 0 Å². The third-order valence-corrected chi connectivity index (χ3v) is 3.29. The molecule has 21 heavy (non-hydrogen) atoms. The summed E-state index contributed by atoms with van der Waals surface area (Å²) in [6.45, 7) is 3.18. The fourth-order valence-electron chi connectivity index (χ4n) is 2.31. The number of primary amides is 1. The van der Waals surface area contributed by atoms with E-state index in [0.29, 0.717) is 13.1 Å². The summed E-state index contributed by atoms with van der Waals surface area (Å²) < 4.78 is 39.4. The van der Waals surface area contributed by atoms with Crippen molar-refractivity contribution in [3.63, 3.8) is 0 Å². The highest BCUT2D eigenvalue weighted by Crippen LogP contribution is 2.34. The molecular formula is C13H17F3N4O. The first-order chi connectivity index (χ1) is 9.86. The number of nitrogens with two attached hydrogens (primary N) is 1. The van der Waals surface area contributed by atoms with Gasteiger partial charge in [-0.1, -0.05) is 6.07 Å². The maximum Gasteiger partial charge on any atom is 0.416 e. The number of piperazine rings is 1. The first-order valence-electron chi connectivity index (χ1n) is 6.56. The minimum atomic E-state index is -4.47. The van der Waals surface area contributed by atoms with E-state index in [2.05, 4.69) is 10.6 Å². The fraction of sp³-hybridized carbons (Fsp3) is 0.462. The van der Waals surface area contributed by atoms with Crippen molar-refractivity contribution in [1.82, 2.24) is 10.2 Å². The molecule has 8 heteroatoms. The molecule has 0 saturated carbocycles. The zero-order chi connectivity index (χ0) is 15.5. The van der Waals surface area contributed by atoms with Gasteiger partial charge in [0, 0.05) is 38.4 Å². The zero-order valence-corrected chi connectivity index (χ0v) is 11.3. The van der Waals surface area contributed by atoms with Gasteiger partial charge in [-0.3, -0.25) is 4.90 Å². The van der Waals surface area contributed by atoms with Gasteiger partial charge in [0.1, 0.15) is 0 Å². The van der Waals surface area contributed by atoms with Crippen molar-refractivity contribution < 1.29 is 18.0 Å². The van der Waals surface area contributed by atoms with E-state index in [0.717, 1.165) is 19.2 Å². The minimum Gasteiger partial charge on any atom is -0.351 e. The number of benzene rings is 1. The van der Waals surface area contributed by atoms with E-state index in [1.165, 1.54) is 12.1 Å². The van der Waals surface area contributed by atoms with E-state index in [1.807, 2.05) is 4.90 Å². The van der Waals surface area contributed by atoms with Gasteiger partial charge in [0.25, 0.3) is 0 Å². The molecule has 0 radical (unpaired) electrons. The molecule has 1 aromatic rings. The Bertz CT molecular complexity index is 513. The highest BCUT2D eigenvalue weighted by atomic mass is 19.4. The van der Waals surface area contributed by atoms with Gasteiger partial charge in [0.15, 0.2) is 0 Å². The summed E-state index contributed by atoms with van der Waals surface area (Å²) >= 11 is 0. The molecule has 0 atom stereocenters. The van der Waals surface area contributed by atoms with Crippen LogP contribution in [0.4, 0.5) is 23.7 Å². The molecule has 0 bridgehead atoms. The number of urea groups is 1. The van der Waals surface area contributed by atoms with Crippen LogP contribution in [0.2, 0.25) is 0 Å².